The molecule has 0 bridgehead atoms. The highest BCUT2D eigenvalue weighted by Gasteiger charge is 2.25. The van der Waals surface area contributed by atoms with Crippen LogP contribution in [0.2, 0.25) is 0 Å². The highest BCUT2D eigenvalue weighted by atomic mass is 16.6. The molecule has 0 aromatic heterocycles. The predicted molar refractivity (Wildman–Crippen MR) is 104 cm³/mol. The summed E-state index contributed by atoms with van der Waals surface area (Å²) < 4.78 is 14.9. The minimum atomic E-state index is -0.856. The Morgan fingerprint density at radius 1 is 1.27 bits per heavy atom. The van der Waals surface area contributed by atoms with Gasteiger partial charge in [-0.05, 0) is 19.1 Å². The molecule has 162 valence electrons. The lowest BCUT2D eigenvalue weighted by atomic mass is 10.1. The van der Waals surface area contributed by atoms with Crippen LogP contribution in [0.1, 0.15) is 17.3 Å². The summed E-state index contributed by atoms with van der Waals surface area (Å²) in [4.78, 5) is 46.6. The highest BCUT2D eigenvalue weighted by molar-refractivity contribution is 5.94. The van der Waals surface area contributed by atoms with E-state index in [0.717, 1.165) is 6.07 Å². The van der Waals surface area contributed by atoms with Crippen molar-refractivity contribution in [2.24, 2.45) is 0 Å². The van der Waals surface area contributed by atoms with Crippen molar-refractivity contribution in [2.75, 3.05) is 45.3 Å². The quantitative estimate of drug-likeness (QED) is 0.216. The molecule has 1 aromatic rings. The Hall–Kier alpha value is -3.67. The third-order valence-corrected chi connectivity index (χ3v) is 3.98. The van der Waals surface area contributed by atoms with E-state index in [-0.39, 0.29) is 41.4 Å². The first kappa shape index (κ1) is 22.6. The van der Waals surface area contributed by atoms with Gasteiger partial charge in [0.15, 0.2) is 0 Å². The summed E-state index contributed by atoms with van der Waals surface area (Å²) in [7, 11) is 1.50. The Morgan fingerprint density at radius 2 is 2.03 bits per heavy atom. The van der Waals surface area contributed by atoms with Gasteiger partial charge >= 0.3 is 18.0 Å². The Bertz CT molecular complexity index is 868. The maximum absolute atomic E-state index is 12.4. The normalized spacial score (nSPS) is 13.2. The maximum atomic E-state index is 12.4. The second-order valence-corrected chi connectivity index (χ2v) is 5.97. The van der Waals surface area contributed by atoms with Crippen LogP contribution in [0.3, 0.4) is 0 Å². The van der Waals surface area contributed by atoms with Crippen LogP contribution in [0, 0.1) is 10.1 Å². The summed E-state index contributed by atoms with van der Waals surface area (Å²) in [5, 5.41) is 19.0. The highest BCUT2D eigenvalue weighted by Crippen LogP contribution is 2.26. The van der Waals surface area contributed by atoms with E-state index in [1.54, 1.807) is 6.92 Å². The molecular weight excluding hydrogens is 400 g/mol. The predicted octanol–water partition coefficient (Wildman–Crippen LogP) is 0.940. The number of urea groups is 1. The number of hydrogen-bond acceptors (Lipinski definition) is 9. The molecule has 0 radical (unpaired) electrons. The molecule has 1 heterocycles. The first-order valence-corrected chi connectivity index (χ1v) is 8.99. The number of nitrogens with one attached hydrogen (secondary N) is 3. The molecule has 0 atom stereocenters. The molecule has 30 heavy (non-hydrogen) atoms. The van der Waals surface area contributed by atoms with Crippen molar-refractivity contribution in [3.05, 3.63) is 45.1 Å². The summed E-state index contributed by atoms with van der Waals surface area (Å²) >= 11 is 0. The Kier molecular flexibility index (Phi) is 8.11. The minimum Gasteiger partial charge on any atom is -0.463 e. The average molecular weight is 422 g/mol. The summed E-state index contributed by atoms with van der Waals surface area (Å²) in [5.41, 5.74) is 0.0667. The molecule has 12 nitrogen and oxygen atoms in total. The number of carbonyl (C=O) groups excluding carboxylic acids is 3. The summed E-state index contributed by atoms with van der Waals surface area (Å²) in [5.74, 6) is -1.51. The number of carbonyl (C=O) groups is 3. The molecule has 1 aliphatic rings. The van der Waals surface area contributed by atoms with E-state index in [9.17, 15) is 24.5 Å². The number of nitro groups is 1. The van der Waals surface area contributed by atoms with Gasteiger partial charge in [-0.15, -0.1) is 0 Å². The first-order valence-electron chi connectivity index (χ1n) is 8.99. The number of hydrogen-bond donors (Lipinski definition) is 3. The Labute approximate surface area is 171 Å². The Morgan fingerprint density at radius 3 is 2.70 bits per heavy atom. The molecule has 1 aromatic carbocycles. The number of nitro benzene ring substituents is 1. The van der Waals surface area contributed by atoms with Gasteiger partial charge < -0.3 is 30.2 Å². The third kappa shape index (κ3) is 5.91. The van der Waals surface area contributed by atoms with E-state index >= 15 is 0 Å². The van der Waals surface area contributed by atoms with Gasteiger partial charge in [0.05, 0.1) is 41.5 Å². The second kappa shape index (κ2) is 10.8. The van der Waals surface area contributed by atoms with Gasteiger partial charge in [0.1, 0.15) is 12.3 Å². The average Bonchev–Trinajstić information content (AvgIpc) is 2.72. The smallest absolute Gasteiger partial charge is 0.338 e. The van der Waals surface area contributed by atoms with Crippen LogP contribution in [0.5, 0.6) is 0 Å². The van der Waals surface area contributed by atoms with E-state index in [2.05, 4.69) is 16.0 Å². The van der Waals surface area contributed by atoms with E-state index < -0.39 is 29.5 Å². The fraction of sp³-hybridized carbons (Fsp3) is 0.389. The van der Waals surface area contributed by atoms with Crippen molar-refractivity contribution in [3.63, 3.8) is 0 Å². The summed E-state index contributed by atoms with van der Waals surface area (Å²) in [6, 6.07) is 3.28. The van der Waals surface area contributed by atoms with Gasteiger partial charge in [0.2, 0.25) is 0 Å². The molecule has 0 spiro atoms. The Balaban J connectivity index is 2.14. The van der Waals surface area contributed by atoms with Gasteiger partial charge in [0, 0.05) is 19.7 Å². The van der Waals surface area contributed by atoms with Gasteiger partial charge in [-0.2, -0.15) is 0 Å². The molecule has 3 N–H and O–H groups in total. The standard InChI is InChI=1S/C18H22N4O8/c1-3-29-17(24)12-9-20-18(25)21-14(12)10-30-16(23)11-4-5-13(19-6-7-28-2)15(8-11)22(26)27/h4-5,8,19H,3,6-7,9-10H2,1-2H3,(H2,20,21,25). The zero-order chi connectivity index (χ0) is 22.1. The zero-order valence-electron chi connectivity index (χ0n) is 16.5. The SMILES string of the molecule is CCOC(=O)C1=C(COC(=O)c2ccc(NCCOC)c([N+](=O)[O-])c2)NC(=O)NC1. The fourth-order valence-corrected chi connectivity index (χ4v) is 2.54. The van der Waals surface area contributed by atoms with Gasteiger partial charge in [-0.1, -0.05) is 0 Å². The van der Waals surface area contributed by atoms with E-state index in [1.807, 2.05) is 0 Å². The lowest BCUT2D eigenvalue weighted by molar-refractivity contribution is -0.384. The van der Waals surface area contributed by atoms with E-state index in [4.69, 9.17) is 14.2 Å². The molecule has 1 aliphatic heterocycles. The maximum Gasteiger partial charge on any atom is 0.338 e. The zero-order valence-corrected chi connectivity index (χ0v) is 16.5. The van der Waals surface area contributed by atoms with Crippen LogP contribution < -0.4 is 16.0 Å². The summed E-state index contributed by atoms with van der Waals surface area (Å²) in [6.07, 6.45) is 0. The topological polar surface area (TPSA) is 158 Å². The molecule has 2 rings (SSSR count). The number of nitrogens with zero attached hydrogens (tertiary/aromatic N) is 1. The minimum absolute atomic E-state index is 0.0578. The van der Waals surface area contributed by atoms with Gasteiger partial charge in [0.25, 0.3) is 5.69 Å². The number of ether oxygens (including phenoxy) is 3. The van der Waals surface area contributed by atoms with Crippen molar-refractivity contribution in [1.82, 2.24) is 10.6 Å². The second-order valence-electron chi connectivity index (χ2n) is 5.97. The number of rotatable bonds is 10. The molecule has 0 unspecified atom stereocenters. The number of amides is 2. The molecule has 2 amide bonds. The molecule has 0 fully saturated rings. The lowest BCUT2D eigenvalue weighted by Gasteiger charge is -2.21. The monoisotopic (exact) mass is 422 g/mol. The van der Waals surface area contributed by atoms with Gasteiger partial charge in [-0.3, -0.25) is 10.1 Å². The largest absolute Gasteiger partial charge is 0.463 e. The van der Waals surface area contributed by atoms with Crippen LogP contribution in [0.15, 0.2) is 29.5 Å². The van der Waals surface area contributed by atoms with Crippen molar-refractivity contribution in [2.45, 2.75) is 6.92 Å². The fourth-order valence-electron chi connectivity index (χ4n) is 2.54. The van der Waals surface area contributed by atoms with Crippen LogP contribution in [0.4, 0.5) is 16.2 Å². The number of esters is 2. The first-order chi connectivity index (χ1) is 14.4. The van der Waals surface area contributed by atoms with Crippen LogP contribution in [0.25, 0.3) is 0 Å². The number of anilines is 1. The van der Waals surface area contributed by atoms with E-state index in [1.165, 1.54) is 19.2 Å². The molecule has 0 saturated carbocycles. The van der Waals surface area contributed by atoms with Crippen LogP contribution in [-0.2, 0) is 19.0 Å². The van der Waals surface area contributed by atoms with Crippen molar-refractivity contribution in [3.8, 4) is 0 Å². The molecule has 12 heteroatoms. The molecular formula is C18H22N4O8. The summed E-state index contributed by atoms with van der Waals surface area (Å²) in [6.45, 7) is 1.97. The number of methoxy groups -OCH3 is 1. The lowest BCUT2D eigenvalue weighted by Crippen LogP contribution is -2.45. The number of benzene rings is 1. The molecule has 0 aliphatic carbocycles. The van der Waals surface area contributed by atoms with Crippen molar-refractivity contribution in [1.29, 1.82) is 0 Å². The van der Waals surface area contributed by atoms with Crippen molar-refractivity contribution < 1.29 is 33.5 Å². The van der Waals surface area contributed by atoms with Crippen LogP contribution in [-0.4, -0.2) is 62.9 Å². The third-order valence-electron chi connectivity index (χ3n) is 3.98. The van der Waals surface area contributed by atoms with E-state index in [0.29, 0.717) is 13.2 Å². The van der Waals surface area contributed by atoms with Crippen LogP contribution >= 0.6 is 0 Å². The molecule has 0 saturated heterocycles. The van der Waals surface area contributed by atoms with Gasteiger partial charge in [-0.25, -0.2) is 14.4 Å². The van der Waals surface area contributed by atoms with Crippen molar-refractivity contribution >= 4 is 29.3 Å².